The van der Waals surface area contributed by atoms with Gasteiger partial charge >= 0.3 is 0 Å². The van der Waals surface area contributed by atoms with Crippen LogP contribution in [0.1, 0.15) is 12.8 Å². The van der Waals surface area contributed by atoms with Crippen LogP contribution in [-0.4, -0.2) is 28.8 Å². The van der Waals surface area contributed by atoms with Crippen molar-refractivity contribution in [2.24, 2.45) is 11.7 Å². The second-order valence-electron chi connectivity index (χ2n) is 4.85. The lowest BCUT2D eigenvalue weighted by Crippen LogP contribution is -2.38. The minimum atomic E-state index is -0.671. The van der Waals surface area contributed by atoms with Gasteiger partial charge in [0.15, 0.2) is 0 Å². The number of rotatable bonds is 4. The van der Waals surface area contributed by atoms with Crippen LogP contribution in [0.3, 0.4) is 0 Å². The molecular weight excluding hydrogens is 280 g/mol. The molecule has 1 fully saturated rings. The summed E-state index contributed by atoms with van der Waals surface area (Å²) < 4.78 is 0. The number of nitro benzene ring substituents is 2. The van der Waals surface area contributed by atoms with E-state index >= 15 is 0 Å². The molecule has 21 heavy (non-hydrogen) atoms. The summed E-state index contributed by atoms with van der Waals surface area (Å²) in [7, 11) is 0. The molecule has 0 aromatic heterocycles. The largest absolute Gasteiger partial charge is 0.369 e. The monoisotopic (exact) mass is 294 g/mol. The first-order valence-electron chi connectivity index (χ1n) is 6.37. The summed E-state index contributed by atoms with van der Waals surface area (Å²) in [4.78, 5) is 33.4. The van der Waals surface area contributed by atoms with Gasteiger partial charge in [-0.05, 0) is 18.9 Å². The van der Waals surface area contributed by atoms with E-state index in [2.05, 4.69) is 0 Å². The maximum absolute atomic E-state index is 11.1. The molecule has 0 saturated carbocycles. The van der Waals surface area contributed by atoms with E-state index in [0.29, 0.717) is 31.6 Å². The summed E-state index contributed by atoms with van der Waals surface area (Å²) in [6.45, 7) is 0.901. The number of anilines is 1. The molecule has 1 aromatic rings. The summed E-state index contributed by atoms with van der Waals surface area (Å²) in [5.41, 5.74) is 4.94. The van der Waals surface area contributed by atoms with Gasteiger partial charge in [0.25, 0.3) is 11.4 Å². The number of hydrogen-bond acceptors (Lipinski definition) is 6. The van der Waals surface area contributed by atoms with Crippen LogP contribution in [0, 0.1) is 26.1 Å². The third-order valence-electron chi connectivity index (χ3n) is 3.60. The van der Waals surface area contributed by atoms with Crippen molar-refractivity contribution in [2.45, 2.75) is 12.8 Å². The molecule has 9 nitrogen and oxygen atoms in total. The summed E-state index contributed by atoms with van der Waals surface area (Å²) in [6.07, 6.45) is 1.03. The lowest BCUT2D eigenvalue weighted by molar-refractivity contribution is -0.393. The van der Waals surface area contributed by atoms with Gasteiger partial charge in [-0.25, -0.2) is 0 Å². The minimum absolute atomic E-state index is 0.224. The van der Waals surface area contributed by atoms with E-state index in [9.17, 15) is 25.0 Å². The predicted octanol–water partition coefficient (Wildman–Crippen LogP) is 1.20. The maximum atomic E-state index is 11.1. The van der Waals surface area contributed by atoms with Gasteiger partial charge in [0, 0.05) is 25.1 Å². The van der Waals surface area contributed by atoms with Crippen molar-refractivity contribution < 1.29 is 14.6 Å². The molecule has 0 bridgehead atoms. The van der Waals surface area contributed by atoms with E-state index in [1.165, 1.54) is 12.1 Å². The third kappa shape index (κ3) is 3.07. The number of amides is 1. The average molecular weight is 294 g/mol. The zero-order valence-electron chi connectivity index (χ0n) is 11.1. The molecule has 0 radical (unpaired) electrons. The summed E-state index contributed by atoms with van der Waals surface area (Å²) >= 11 is 0. The highest BCUT2D eigenvalue weighted by Gasteiger charge is 2.28. The summed E-state index contributed by atoms with van der Waals surface area (Å²) in [5, 5.41) is 21.8. The molecule has 0 unspecified atom stereocenters. The smallest absolute Gasteiger partial charge is 0.299 e. The molecule has 0 atom stereocenters. The molecule has 1 aliphatic heterocycles. The Morgan fingerprint density at radius 2 is 1.81 bits per heavy atom. The van der Waals surface area contributed by atoms with Gasteiger partial charge < -0.3 is 10.6 Å². The van der Waals surface area contributed by atoms with Crippen LogP contribution in [0.2, 0.25) is 0 Å². The Morgan fingerprint density at radius 3 is 2.29 bits per heavy atom. The molecular formula is C12H14N4O5. The fraction of sp³-hybridized carbons (Fsp3) is 0.417. The van der Waals surface area contributed by atoms with Crippen molar-refractivity contribution in [3.8, 4) is 0 Å². The molecule has 2 N–H and O–H groups in total. The Morgan fingerprint density at radius 1 is 1.19 bits per heavy atom. The first kappa shape index (κ1) is 14.7. The SMILES string of the molecule is NC(=O)C1CCN(c2ccc([N+](=O)[O-])cc2[N+](=O)[O-])CC1. The van der Waals surface area contributed by atoms with Gasteiger partial charge in [-0.3, -0.25) is 25.0 Å². The van der Waals surface area contributed by atoms with Crippen molar-refractivity contribution >= 4 is 23.0 Å². The van der Waals surface area contributed by atoms with Gasteiger partial charge in [-0.1, -0.05) is 0 Å². The first-order chi connectivity index (χ1) is 9.90. The number of nitrogens with two attached hydrogens (primary N) is 1. The van der Waals surface area contributed by atoms with Gasteiger partial charge in [-0.15, -0.1) is 0 Å². The van der Waals surface area contributed by atoms with E-state index in [4.69, 9.17) is 5.73 Å². The van der Waals surface area contributed by atoms with E-state index < -0.39 is 9.85 Å². The van der Waals surface area contributed by atoms with Crippen LogP contribution < -0.4 is 10.6 Å². The van der Waals surface area contributed by atoms with Crippen LogP contribution in [-0.2, 0) is 4.79 Å². The van der Waals surface area contributed by atoms with E-state index in [-0.39, 0.29) is 23.2 Å². The number of piperidine rings is 1. The van der Waals surface area contributed by atoms with Crippen LogP contribution in [0.4, 0.5) is 17.1 Å². The quantitative estimate of drug-likeness (QED) is 0.655. The lowest BCUT2D eigenvalue weighted by atomic mass is 9.96. The Balaban J connectivity index is 2.26. The molecule has 1 aromatic carbocycles. The standard InChI is InChI=1S/C12H14N4O5/c13-12(17)8-3-5-14(6-4-8)10-2-1-9(15(18)19)7-11(10)16(20)21/h1-2,7-8H,3-6H2,(H2,13,17). The second-order valence-corrected chi connectivity index (χ2v) is 4.85. The number of benzene rings is 1. The summed E-state index contributed by atoms with van der Waals surface area (Å²) in [6, 6.07) is 3.57. The molecule has 9 heteroatoms. The number of hydrogen-bond donors (Lipinski definition) is 1. The molecule has 112 valence electrons. The zero-order valence-corrected chi connectivity index (χ0v) is 11.1. The third-order valence-corrected chi connectivity index (χ3v) is 3.60. The van der Waals surface area contributed by atoms with Crippen molar-refractivity contribution in [1.29, 1.82) is 0 Å². The summed E-state index contributed by atoms with van der Waals surface area (Å²) in [5.74, 6) is -0.591. The Kier molecular flexibility index (Phi) is 4.01. The van der Waals surface area contributed by atoms with Crippen LogP contribution >= 0.6 is 0 Å². The van der Waals surface area contributed by atoms with Gasteiger partial charge in [-0.2, -0.15) is 0 Å². The molecule has 1 saturated heterocycles. The Labute approximate surface area is 119 Å². The van der Waals surface area contributed by atoms with Crippen molar-refractivity contribution in [3.05, 3.63) is 38.4 Å². The first-order valence-corrected chi connectivity index (χ1v) is 6.37. The molecule has 1 amide bonds. The Hall–Kier alpha value is -2.71. The van der Waals surface area contributed by atoms with Crippen molar-refractivity contribution in [3.63, 3.8) is 0 Å². The number of nitro groups is 2. The van der Waals surface area contributed by atoms with Crippen LogP contribution in [0.5, 0.6) is 0 Å². The normalized spacial score (nSPS) is 15.7. The lowest BCUT2D eigenvalue weighted by Gasteiger charge is -2.31. The fourth-order valence-corrected chi connectivity index (χ4v) is 2.44. The number of nitrogens with zero attached hydrogens (tertiary/aromatic N) is 3. The molecule has 0 spiro atoms. The highest BCUT2D eigenvalue weighted by atomic mass is 16.6. The number of primary amides is 1. The molecule has 0 aliphatic carbocycles. The van der Waals surface area contributed by atoms with Gasteiger partial charge in [0.05, 0.1) is 15.9 Å². The van der Waals surface area contributed by atoms with Gasteiger partial charge in [0.1, 0.15) is 5.69 Å². The van der Waals surface area contributed by atoms with E-state index in [0.717, 1.165) is 6.07 Å². The molecule has 2 rings (SSSR count). The molecule has 1 heterocycles. The number of carbonyl (C=O) groups is 1. The second kappa shape index (κ2) is 5.73. The fourth-order valence-electron chi connectivity index (χ4n) is 2.44. The predicted molar refractivity (Wildman–Crippen MR) is 73.9 cm³/mol. The minimum Gasteiger partial charge on any atom is -0.369 e. The number of non-ortho nitro benzene ring substituents is 1. The average Bonchev–Trinajstić information content (AvgIpc) is 2.46. The van der Waals surface area contributed by atoms with Gasteiger partial charge in [0.2, 0.25) is 5.91 Å². The topological polar surface area (TPSA) is 133 Å². The zero-order chi connectivity index (χ0) is 15.6. The highest BCUT2D eigenvalue weighted by molar-refractivity contribution is 5.77. The molecule has 1 aliphatic rings. The Bertz CT molecular complexity index is 595. The van der Waals surface area contributed by atoms with E-state index in [1.807, 2.05) is 0 Å². The maximum Gasteiger partial charge on any atom is 0.299 e. The van der Waals surface area contributed by atoms with Crippen molar-refractivity contribution in [1.82, 2.24) is 0 Å². The number of carbonyl (C=O) groups excluding carboxylic acids is 1. The van der Waals surface area contributed by atoms with E-state index in [1.54, 1.807) is 4.90 Å². The van der Waals surface area contributed by atoms with Crippen LogP contribution in [0.15, 0.2) is 18.2 Å². The van der Waals surface area contributed by atoms with Crippen LogP contribution in [0.25, 0.3) is 0 Å². The van der Waals surface area contributed by atoms with Crippen molar-refractivity contribution in [2.75, 3.05) is 18.0 Å². The highest BCUT2D eigenvalue weighted by Crippen LogP contribution is 2.34.